The van der Waals surface area contributed by atoms with Gasteiger partial charge in [0.15, 0.2) is 17.3 Å². The Morgan fingerprint density at radius 2 is 1.87 bits per heavy atom. The number of hydrogen-bond donors (Lipinski definition) is 0. The van der Waals surface area contributed by atoms with Crippen LogP contribution >= 0.6 is 0 Å². The van der Waals surface area contributed by atoms with Crippen molar-refractivity contribution in [3.05, 3.63) is 56.9 Å². The molecule has 0 saturated carbocycles. The molecule has 160 valence electrons. The average molecular weight is 422 g/mol. The third-order valence-corrected chi connectivity index (χ3v) is 5.78. The van der Waals surface area contributed by atoms with Gasteiger partial charge in [-0.2, -0.15) is 0 Å². The van der Waals surface area contributed by atoms with Crippen LogP contribution in [0.3, 0.4) is 0 Å². The number of methoxy groups -OCH3 is 1. The maximum absolute atomic E-state index is 13.2. The SMILES string of the molecule is CCc1cc(=O)oc2cc(C)c3c(c12)OC(c1cc(OC)c2c(c1)OCCO2)CC3=O. The van der Waals surface area contributed by atoms with Gasteiger partial charge in [0.2, 0.25) is 5.75 Å². The summed E-state index contributed by atoms with van der Waals surface area (Å²) in [7, 11) is 1.56. The van der Waals surface area contributed by atoms with Gasteiger partial charge in [0.1, 0.15) is 30.7 Å². The smallest absolute Gasteiger partial charge is 0.336 e. The summed E-state index contributed by atoms with van der Waals surface area (Å²) in [6.07, 6.45) is 0.254. The summed E-state index contributed by atoms with van der Waals surface area (Å²) in [6, 6.07) is 6.85. The summed E-state index contributed by atoms with van der Waals surface area (Å²) < 4.78 is 28.8. The molecule has 1 atom stereocenters. The first kappa shape index (κ1) is 19.5. The summed E-state index contributed by atoms with van der Waals surface area (Å²) in [5.41, 5.74) is 2.81. The van der Waals surface area contributed by atoms with Gasteiger partial charge in [0.25, 0.3) is 0 Å². The van der Waals surface area contributed by atoms with E-state index < -0.39 is 11.7 Å². The van der Waals surface area contributed by atoms with Crippen molar-refractivity contribution in [3.8, 4) is 23.0 Å². The molecule has 2 aromatic carbocycles. The predicted octanol–water partition coefficient (Wildman–Crippen LogP) is 4.15. The summed E-state index contributed by atoms with van der Waals surface area (Å²) in [5.74, 6) is 2.09. The van der Waals surface area contributed by atoms with Gasteiger partial charge in [-0.3, -0.25) is 4.79 Å². The Kier molecular flexibility index (Phi) is 4.61. The fourth-order valence-corrected chi connectivity index (χ4v) is 4.36. The molecule has 0 saturated heterocycles. The molecule has 3 heterocycles. The molecule has 7 nitrogen and oxygen atoms in total. The lowest BCUT2D eigenvalue weighted by Gasteiger charge is -2.29. The lowest BCUT2D eigenvalue weighted by molar-refractivity contribution is 0.0850. The fraction of sp³-hybridized carbons (Fsp3) is 0.333. The molecule has 0 bridgehead atoms. The standard InChI is InChI=1S/C24H22O7/c1-4-13-10-20(26)30-17-7-12(2)21-15(25)11-16(31-24(21)22(13)17)14-8-18(27-3)23-19(9-14)28-5-6-29-23/h7-10,16H,4-6,11H2,1-3H3. The van der Waals surface area contributed by atoms with Crippen molar-refractivity contribution >= 4 is 16.8 Å². The number of fused-ring (bicyclic) bond motifs is 4. The minimum absolute atomic E-state index is 0.0206. The molecule has 3 aromatic rings. The van der Waals surface area contributed by atoms with E-state index in [1.807, 2.05) is 26.0 Å². The molecule has 0 aliphatic carbocycles. The second-order valence-electron chi connectivity index (χ2n) is 7.70. The lowest BCUT2D eigenvalue weighted by atomic mass is 9.90. The van der Waals surface area contributed by atoms with Gasteiger partial charge in [-0.05, 0) is 42.7 Å². The molecule has 2 aliphatic heterocycles. The molecule has 0 spiro atoms. The lowest BCUT2D eigenvalue weighted by Crippen LogP contribution is -2.23. The van der Waals surface area contributed by atoms with Crippen molar-refractivity contribution in [1.29, 1.82) is 0 Å². The van der Waals surface area contributed by atoms with Crippen LogP contribution in [0.1, 0.15) is 46.5 Å². The van der Waals surface area contributed by atoms with Crippen LogP contribution in [0.5, 0.6) is 23.0 Å². The maximum atomic E-state index is 13.2. The van der Waals surface area contributed by atoms with Gasteiger partial charge in [-0.15, -0.1) is 0 Å². The highest BCUT2D eigenvalue weighted by Crippen LogP contribution is 2.46. The number of hydrogen-bond acceptors (Lipinski definition) is 7. The van der Waals surface area contributed by atoms with Crippen molar-refractivity contribution < 1.29 is 28.2 Å². The van der Waals surface area contributed by atoms with E-state index in [4.69, 9.17) is 23.4 Å². The zero-order chi connectivity index (χ0) is 21.7. The third-order valence-electron chi connectivity index (χ3n) is 5.78. The van der Waals surface area contributed by atoms with Crippen molar-refractivity contribution in [1.82, 2.24) is 0 Å². The number of benzene rings is 2. The zero-order valence-corrected chi connectivity index (χ0v) is 17.6. The van der Waals surface area contributed by atoms with Gasteiger partial charge in [-0.25, -0.2) is 4.79 Å². The number of rotatable bonds is 3. The minimum Gasteiger partial charge on any atom is -0.493 e. The Bertz CT molecular complexity index is 1250. The molecule has 1 aromatic heterocycles. The van der Waals surface area contributed by atoms with E-state index in [2.05, 4.69) is 0 Å². The van der Waals surface area contributed by atoms with E-state index in [1.54, 1.807) is 13.2 Å². The van der Waals surface area contributed by atoms with E-state index in [-0.39, 0.29) is 12.2 Å². The summed E-state index contributed by atoms with van der Waals surface area (Å²) in [5, 5.41) is 0.672. The van der Waals surface area contributed by atoms with E-state index in [0.717, 1.165) is 16.7 Å². The van der Waals surface area contributed by atoms with Gasteiger partial charge in [0.05, 0.1) is 24.5 Å². The van der Waals surface area contributed by atoms with Crippen molar-refractivity contribution in [2.24, 2.45) is 0 Å². The molecule has 1 unspecified atom stereocenters. The van der Waals surface area contributed by atoms with E-state index in [0.29, 0.717) is 59.2 Å². The Balaban J connectivity index is 1.68. The van der Waals surface area contributed by atoms with E-state index in [9.17, 15) is 9.59 Å². The number of ether oxygens (including phenoxy) is 4. The van der Waals surface area contributed by atoms with Crippen LogP contribution in [0.4, 0.5) is 0 Å². The first-order valence-electron chi connectivity index (χ1n) is 10.3. The summed E-state index contributed by atoms with van der Waals surface area (Å²) in [4.78, 5) is 25.2. The van der Waals surface area contributed by atoms with Gasteiger partial charge in [-0.1, -0.05) is 6.92 Å². The first-order valence-corrected chi connectivity index (χ1v) is 10.3. The van der Waals surface area contributed by atoms with Crippen LogP contribution in [0.25, 0.3) is 11.0 Å². The summed E-state index contributed by atoms with van der Waals surface area (Å²) >= 11 is 0. The van der Waals surface area contributed by atoms with Crippen molar-refractivity contribution in [2.45, 2.75) is 32.8 Å². The predicted molar refractivity (Wildman–Crippen MR) is 113 cm³/mol. The van der Waals surface area contributed by atoms with Gasteiger partial charge in [0, 0.05) is 11.6 Å². The van der Waals surface area contributed by atoms with Crippen LogP contribution < -0.4 is 24.6 Å². The zero-order valence-electron chi connectivity index (χ0n) is 17.6. The Morgan fingerprint density at radius 3 is 2.65 bits per heavy atom. The highest BCUT2D eigenvalue weighted by atomic mass is 16.6. The number of carbonyl (C=O) groups is 1. The maximum Gasteiger partial charge on any atom is 0.336 e. The van der Waals surface area contributed by atoms with Crippen molar-refractivity contribution in [2.75, 3.05) is 20.3 Å². The largest absolute Gasteiger partial charge is 0.493 e. The molecule has 0 N–H and O–H groups in total. The van der Waals surface area contributed by atoms with E-state index >= 15 is 0 Å². The quantitative estimate of drug-likeness (QED) is 0.586. The van der Waals surface area contributed by atoms with Crippen LogP contribution in [0.2, 0.25) is 0 Å². The van der Waals surface area contributed by atoms with Gasteiger partial charge < -0.3 is 23.4 Å². The van der Waals surface area contributed by atoms with Crippen LogP contribution in [-0.4, -0.2) is 26.1 Å². The second kappa shape index (κ2) is 7.34. The van der Waals surface area contributed by atoms with Crippen LogP contribution in [0.15, 0.2) is 33.5 Å². The molecule has 0 amide bonds. The minimum atomic E-state index is -0.536. The Morgan fingerprint density at radius 1 is 1.06 bits per heavy atom. The normalized spacial score (nSPS) is 17.3. The number of carbonyl (C=O) groups excluding carboxylic acids is 1. The number of ketones is 1. The van der Waals surface area contributed by atoms with Crippen LogP contribution in [0, 0.1) is 6.92 Å². The molecule has 2 aliphatic rings. The fourth-order valence-electron chi connectivity index (χ4n) is 4.36. The number of aryl methyl sites for hydroxylation is 2. The molecule has 0 radical (unpaired) electrons. The van der Waals surface area contributed by atoms with Gasteiger partial charge >= 0.3 is 5.63 Å². The molecule has 7 heteroatoms. The third kappa shape index (κ3) is 3.12. The monoisotopic (exact) mass is 422 g/mol. The molecular weight excluding hydrogens is 400 g/mol. The Labute approximate surface area is 178 Å². The summed E-state index contributed by atoms with van der Waals surface area (Å²) in [6.45, 7) is 4.67. The van der Waals surface area contributed by atoms with Crippen LogP contribution in [-0.2, 0) is 6.42 Å². The second-order valence-corrected chi connectivity index (χ2v) is 7.70. The molecule has 0 fully saturated rings. The van der Waals surface area contributed by atoms with E-state index in [1.165, 1.54) is 6.07 Å². The Hall–Kier alpha value is -3.48. The number of Topliss-reactive ketones (excluding diaryl/α,β-unsaturated/α-hetero) is 1. The highest BCUT2D eigenvalue weighted by molar-refractivity contribution is 6.07. The molecule has 5 rings (SSSR count). The topological polar surface area (TPSA) is 84.2 Å². The molecular formula is C24H22O7. The highest BCUT2D eigenvalue weighted by Gasteiger charge is 2.33. The first-order chi connectivity index (χ1) is 15.0. The average Bonchev–Trinajstić information content (AvgIpc) is 2.76. The molecule has 31 heavy (non-hydrogen) atoms. The van der Waals surface area contributed by atoms with Crippen molar-refractivity contribution in [3.63, 3.8) is 0 Å².